The van der Waals surface area contributed by atoms with E-state index in [1.54, 1.807) is 31.3 Å². The summed E-state index contributed by atoms with van der Waals surface area (Å²) in [5, 5.41) is 0. The Morgan fingerprint density at radius 1 is 1.35 bits per heavy atom. The van der Waals surface area contributed by atoms with Crippen LogP contribution in [0.3, 0.4) is 0 Å². The molecule has 1 aromatic rings. The molecule has 5 nitrogen and oxygen atoms in total. The van der Waals surface area contributed by atoms with Crippen molar-refractivity contribution in [2.24, 2.45) is 0 Å². The molecule has 2 rings (SSSR count). The van der Waals surface area contributed by atoms with E-state index in [0.717, 1.165) is 25.9 Å². The Morgan fingerprint density at radius 3 is 2.60 bits per heavy atom. The standard InChI is InChI=1S/C14H23N3O2S/c1-3-17-10-4-5-13(17)11-16(2)20(18,19)14-8-6-12(15)7-9-14/h6-9,13H,3-5,10-11,15H2,1-2H3. The zero-order valence-corrected chi connectivity index (χ0v) is 12.9. The summed E-state index contributed by atoms with van der Waals surface area (Å²) >= 11 is 0. The molecule has 0 radical (unpaired) electrons. The fraction of sp³-hybridized carbons (Fsp3) is 0.571. The molecule has 1 saturated heterocycles. The summed E-state index contributed by atoms with van der Waals surface area (Å²) in [6.07, 6.45) is 2.21. The van der Waals surface area contributed by atoms with Crippen molar-refractivity contribution in [3.8, 4) is 0 Å². The fourth-order valence-electron chi connectivity index (χ4n) is 2.73. The Morgan fingerprint density at radius 2 is 2.00 bits per heavy atom. The lowest BCUT2D eigenvalue weighted by atomic mass is 10.2. The smallest absolute Gasteiger partial charge is 0.242 e. The van der Waals surface area contributed by atoms with Crippen LogP contribution in [0.1, 0.15) is 19.8 Å². The first-order chi connectivity index (χ1) is 9.45. The van der Waals surface area contributed by atoms with Gasteiger partial charge in [0.1, 0.15) is 0 Å². The third kappa shape index (κ3) is 3.13. The number of hydrogen-bond acceptors (Lipinski definition) is 4. The zero-order valence-electron chi connectivity index (χ0n) is 12.1. The number of sulfonamides is 1. The van der Waals surface area contributed by atoms with E-state index in [4.69, 9.17) is 5.73 Å². The number of likely N-dealkylation sites (N-methyl/N-ethyl adjacent to an activating group) is 2. The largest absolute Gasteiger partial charge is 0.399 e. The monoisotopic (exact) mass is 297 g/mol. The highest BCUT2D eigenvalue weighted by Gasteiger charge is 2.29. The molecule has 0 aromatic heterocycles. The van der Waals surface area contributed by atoms with Gasteiger partial charge in [-0.25, -0.2) is 8.42 Å². The highest BCUT2D eigenvalue weighted by molar-refractivity contribution is 7.89. The number of likely N-dealkylation sites (tertiary alicyclic amines) is 1. The van der Waals surface area contributed by atoms with Crippen molar-refractivity contribution in [1.29, 1.82) is 0 Å². The molecule has 1 aliphatic heterocycles. The summed E-state index contributed by atoms with van der Waals surface area (Å²) in [4.78, 5) is 2.64. The molecule has 0 spiro atoms. The number of hydrogen-bond donors (Lipinski definition) is 1. The van der Waals surface area contributed by atoms with Crippen molar-refractivity contribution >= 4 is 15.7 Å². The van der Waals surface area contributed by atoms with Gasteiger partial charge in [0.15, 0.2) is 0 Å². The molecule has 112 valence electrons. The number of nitrogens with zero attached hydrogens (tertiary/aromatic N) is 2. The molecule has 1 aliphatic rings. The maximum atomic E-state index is 12.5. The first kappa shape index (κ1) is 15.3. The van der Waals surface area contributed by atoms with E-state index in [9.17, 15) is 8.42 Å². The lowest BCUT2D eigenvalue weighted by Gasteiger charge is -2.27. The molecule has 1 aromatic carbocycles. The van der Waals surface area contributed by atoms with E-state index >= 15 is 0 Å². The van der Waals surface area contributed by atoms with Gasteiger partial charge in [-0.1, -0.05) is 6.92 Å². The van der Waals surface area contributed by atoms with Crippen LogP contribution in [0.25, 0.3) is 0 Å². The number of nitrogen functional groups attached to an aromatic ring is 1. The van der Waals surface area contributed by atoms with Gasteiger partial charge in [-0.3, -0.25) is 4.90 Å². The van der Waals surface area contributed by atoms with Crippen LogP contribution < -0.4 is 5.73 Å². The summed E-state index contributed by atoms with van der Waals surface area (Å²) in [5.74, 6) is 0. The van der Waals surface area contributed by atoms with E-state index in [2.05, 4.69) is 11.8 Å². The Kier molecular flexibility index (Phi) is 4.67. The molecule has 0 amide bonds. The lowest BCUT2D eigenvalue weighted by molar-refractivity contribution is 0.237. The Balaban J connectivity index is 2.11. The van der Waals surface area contributed by atoms with Crippen molar-refractivity contribution in [1.82, 2.24) is 9.21 Å². The van der Waals surface area contributed by atoms with Gasteiger partial charge in [0.2, 0.25) is 10.0 Å². The zero-order chi connectivity index (χ0) is 14.8. The Labute approximate surface area is 121 Å². The fourth-order valence-corrected chi connectivity index (χ4v) is 3.94. The van der Waals surface area contributed by atoms with Gasteiger partial charge in [-0.05, 0) is 50.2 Å². The van der Waals surface area contributed by atoms with Crippen LogP contribution >= 0.6 is 0 Å². The number of benzene rings is 1. The molecular formula is C14H23N3O2S. The average Bonchev–Trinajstić information content (AvgIpc) is 2.86. The van der Waals surface area contributed by atoms with Crippen molar-refractivity contribution in [3.63, 3.8) is 0 Å². The van der Waals surface area contributed by atoms with Crippen LogP contribution in [0.15, 0.2) is 29.2 Å². The van der Waals surface area contributed by atoms with Gasteiger partial charge < -0.3 is 5.73 Å². The number of rotatable bonds is 5. The van der Waals surface area contributed by atoms with Crippen molar-refractivity contribution in [2.45, 2.75) is 30.7 Å². The predicted octanol–water partition coefficient (Wildman–Crippen LogP) is 1.37. The van der Waals surface area contributed by atoms with Gasteiger partial charge in [0.25, 0.3) is 0 Å². The van der Waals surface area contributed by atoms with E-state index in [1.165, 1.54) is 4.31 Å². The van der Waals surface area contributed by atoms with Gasteiger partial charge in [-0.15, -0.1) is 0 Å². The summed E-state index contributed by atoms with van der Waals surface area (Å²) in [7, 11) is -1.77. The molecule has 6 heteroatoms. The molecule has 1 heterocycles. The Hall–Kier alpha value is -1.11. The predicted molar refractivity (Wildman–Crippen MR) is 80.9 cm³/mol. The number of anilines is 1. The second-order valence-electron chi connectivity index (χ2n) is 5.28. The molecule has 0 saturated carbocycles. The highest BCUT2D eigenvalue weighted by Crippen LogP contribution is 2.21. The van der Waals surface area contributed by atoms with Crippen LogP contribution in [-0.4, -0.2) is 50.3 Å². The minimum Gasteiger partial charge on any atom is -0.399 e. The van der Waals surface area contributed by atoms with Crippen LogP contribution in [0.5, 0.6) is 0 Å². The Bertz CT molecular complexity index is 542. The third-order valence-corrected chi connectivity index (χ3v) is 5.80. The minimum atomic E-state index is -3.42. The molecular weight excluding hydrogens is 274 g/mol. The molecule has 20 heavy (non-hydrogen) atoms. The summed E-state index contributed by atoms with van der Waals surface area (Å²) < 4.78 is 26.4. The van der Waals surface area contributed by atoms with E-state index in [0.29, 0.717) is 23.2 Å². The van der Waals surface area contributed by atoms with Crippen molar-refractivity contribution in [2.75, 3.05) is 32.4 Å². The normalized spacial score (nSPS) is 20.6. The van der Waals surface area contributed by atoms with Gasteiger partial charge in [0, 0.05) is 25.3 Å². The molecule has 2 N–H and O–H groups in total. The second-order valence-corrected chi connectivity index (χ2v) is 7.32. The van der Waals surface area contributed by atoms with Crippen LogP contribution in [0.2, 0.25) is 0 Å². The topological polar surface area (TPSA) is 66.6 Å². The van der Waals surface area contributed by atoms with Crippen LogP contribution in [-0.2, 0) is 10.0 Å². The van der Waals surface area contributed by atoms with Crippen LogP contribution in [0, 0.1) is 0 Å². The molecule has 0 aliphatic carbocycles. The number of nitrogens with two attached hydrogens (primary N) is 1. The van der Waals surface area contributed by atoms with Gasteiger partial charge in [-0.2, -0.15) is 4.31 Å². The first-order valence-corrected chi connectivity index (χ1v) is 8.45. The van der Waals surface area contributed by atoms with E-state index in [1.807, 2.05) is 0 Å². The maximum Gasteiger partial charge on any atom is 0.242 e. The highest BCUT2D eigenvalue weighted by atomic mass is 32.2. The molecule has 1 atom stereocenters. The lowest BCUT2D eigenvalue weighted by Crippen LogP contribution is -2.41. The van der Waals surface area contributed by atoms with Crippen LogP contribution in [0.4, 0.5) is 5.69 Å². The minimum absolute atomic E-state index is 0.301. The SMILES string of the molecule is CCN1CCCC1CN(C)S(=O)(=O)c1ccc(N)cc1. The van der Waals surface area contributed by atoms with Crippen molar-refractivity contribution < 1.29 is 8.42 Å². The van der Waals surface area contributed by atoms with Gasteiger partial charge in [0.05, 0.1) is 4.90 Å². The van der Waals surface area contributed by atoms with E-state index in [-0.39, 0.29) is 0 Å². The van der Waals surface area contributed by atoms with Crippen molar-refractivity contribution in [3.05, 3.63) is 24.3 Å². The van der Waals surface area contributed by atoms with E-state index < -0.39 is 10.0 Å². The average molecular weight is 297 g/mol. The summed E-state index contributed by atoms with van der Waals surface area (Å²) in [5.41, 5.74) is 6.17. The molecule has 0 bridgehead atoms. The van der Waals surface area contributed by atoms with Gasteiger partial charge >= 0.3 is 0 Å². The maximum absolute atomic E-state index is 12.5. The first-order valence-electron chi connectivity index (χ1n) is 7.01. The summed E-state index contributed by atoms with van der Waals surface area (Å²) in [6, 6.07) is 6.69. The third-order valence-electron chi connectivity index (χ3n) is 3.96. The molecule has 1 unspecified atom stereocenters. The summed E-state index contributed by atoms with van der Waals surface area (Å²) in [6.45, 7) is 4.70. The molecule has 1 fully saturated rings. The second kappa shape index (κ2) is 6.11. The quantitative estimate of drug-likeness (QED) is 0.834.